The van der Waals surface area contributed by atoms with Gasteiger partial charge >= 0.3 is 0 Å². The van der Waals surface area contributed by atoms with E-state index in [2.05, 4.69) is 36.5 Å². The summed E-state index contributed by atoms with van der Waals surface area (Å²) >= 11 is 1.70. The third-order valence-corrected chi connectivity index (χ3v) is 4.17. The number of aromatic nitrogens is 1. The molecular formula is C15H28N2S. The first kappa shape index (κ1) is 15.6. The fourth-order valence-corrected chi connectivity index (χ4v) is 2.94. The van der Waals surface area contributed by atoms with E-state index in [4.69, 9.17) is 0 Å². The molecule has 1 aromatic rings. The molecule has 0 spiro atoms. The average Bonchev–Trinajstić information content (AvgIpc) is 2.92. The lowest BCUT2D eigenvalue weighted by molar-refractivity contribution is 0.350. The quantitative estimate of drug-likeness (QED) is 0.660. The van der Waals surface area contributed by atoms with E-state index in [0.29, 0.717) is 6.04 Å². The molecule has 1 aromatic heterocycles. The molecule has 3 heteroatoms. The SMILES string of the molecule is CCCCC(CC)CC(NCCC)c1cscn1. The van der Waals surface area contributed by atoms with E-state index in [-0.39, 0.29) is 0 Å². The maximum atomic E-state index is 4.49. The lowest BCUT2D eigenvalue weighted by Gasteiger charge is -2.22. The highest BCUT2D eigenvalue weighted by atomic mass is 32.1. The first-order valence-electron chi connectivity index (χ1n) is 7.43. The molecule has 0 saturated carbocycles. The van der Waals surface area contributed by atoms with E-state index in [0.717, 1.165) is 12.5 Å². The minimum atomic E-state index is 0.456. The van der Waals surface area contributed by atoms with Gasteiger partial charge in [0.25, 0.3) is 0 Å². The van der Waals surface area contributed by atoms with Crippen molar-refractivity contribution in [1.29, 1.82) is 0 Å². The Morgan fingerprint density at radius 1 is 1.28 bits per heavy atom. The van der Waals surface area contributed by atoms with Crippen molar-refractivity contribution < 1.29 is 0 Å². The Kier molecular flexibility index (Phi) is 8.27. The molecule has 0 saturated heterocycles. The van der Waals surface area contributed by atoms with Gasteiger partial charge < -0.3 is 5.32 Å². The van der Waals surface area contributed by atoms with Crippen molar-refractivity contribution in [2.24, 2.45) is 5.92 Å². The van der Waals surface area contributed by atoms with Gasteiger partial charge in [-0.3, -0.25) is 0 Å². The Labute approximate surface area is 116 Å². The van der Waals surface area contributed by atoms with Gasteiger partial charge in [0.05, 0.1) is 17.2 Å². The standard InChI is InChI=1S/C15H28N2S/c1-4-7-8-13(6-3)10-14(16-9-5-2)15-11-18-12-17-15/h11-14,16H,4-10H2,1-3H3. The number of hydrogen-bond acceptors (Lipinski definition) is 3. The summed E-state index contributed by atoms with van der Waals surface area (Å²) < 4.78 is 0. The summed E-state index contributed by atoms with van der Waals surface area (Å²) in [6.07, 6.45) is 7.73. The fourth-order valence-electron chi connectivity index (χ4n) is 2.34. The summed E-state index contributed by atoms with van der Waals surface area (Å²) in [6, 6.07) is 0.456. The van der Waals surface area contributed by atoms with E-state index >= 15 is 0 Å². The summed E-state index contributed by atoms with van der Waals surface area (Å²) in [5.41, 5.74) is 3.19. The van der Waals surface area contributed by atoms with Gasteiger partial charge in [0.15, 0.2) is 0 Å². The largest absolute Gasteiger partial charge is 0.309 e. The molecule has 0 aliphatic rings. The topological polar surface area (TPSA) is 24.9 Å². The minimum Gasteiger partial charge on any atom is -0.309 e. The molecule has 0 aliphatic heterocycles. The number of rotatable bonds is 10. The predicted molar refractivity (Wildman–Crippen MR) is 81.1 cm³/mol. The molecule has 0 amide bonds. The monoisotopic (exact) mass is 268 g/mol. The Balaban J connectivity index is 2.53. The summed E-state index contributed by atoms with van der Waals surface area (Å²) in [5.74, 6) is 0.834. The Hall–Kier alpha value is -0.410. The second-order valence-corrected chi connectivity index (χ2v) is 5.79. The Morgan fingerprint density at radius 3 is 2.67 bits per heavy atom. The van der Waals surface area contributed by atoms with Crippen molar-refractivity contribution in [3.05, 3.63) is 16.6 Å². The lowest BCUT2D eigenvalue weighted by Crippen LogP contribution is -2.24. The summed E-state index contributed by atoms with van der Waals surface area (Å²) in [6.45, 7) is 7.91. The van der Waals surface area contributed by atoms with Gasteiger partial charge in [-0.05, 0) is 25.3 Å². The highest BCUT2D eigenvalue weighted by Gasteiger charge is 2.17. The van der Waals surface area contributed by atoms with E-state index in [9.17, 15) is 0 Å². The zero-order valence-corrected chi connectivity index (χ0v) is 12.9. The van der Waals surface area contributed by atoms with Crippen molar-refractivity contribution >= 4 is 11.3 Å². The van der Waals surface area contributed by atoms with Crippen LogP contribution in [-0.2, 0) is 0 Å². The van der Waals surface area contributed by atoms with Crippen LogP contribution in [0.25, 0.3) is 0 Å². The molecule has 0 aliphatic carbocycles. The number of unbranched alkanes of at least 4 members (excludes halogenated alkanes) is 1. The minimum absolute atomic E-state index is 0.456. The van der Waals surface area contributed by atoms with Crippen LogP contribution in [0.5, 0.6) is 0 Å². The van der Waals surface area contributed by atoms with Gasteiger partial charge in [-0.15, -0.1) is 11.3 Å². The molecule has 1 rings (SSSR count). The van der Waals surface area contributed by atoms with Crippen LogP contribution < -0.4 is 5.32 Å². The highest BCUT2D eigenvalue weighted by Crippen LogP contribution is 2.26. The highest BCUT2D eigenvalue weighted by molar-refractivity contribution is 7.07. The number of nitrogens with one attached hydrogen (secondary N) is 1. The smallest absolute Gasteiger partial charge is 0.0795 e. The molecule has 2 unspecified atom stereocenters. The molecule has 1 heterocycles. The molecule has 0 bridgehead atoms. The number of nitrogens with zero attached hydrogens (tertiary/aromatic N) is 1. The molecule has 1 N–H and O–H groups in total. The second kappa shape index (κ2) is 9.51. The maximum Gasteiger partial charge on any atom is 0.0795 e. The van der Waals surface area contributed by atoms with Crippen molar-refractivity contribution in [2.75, 3.05) is 6.54 Å². The lowest BCUT2D eigenvalue weighted by atomic mass is 9.91. The van der Waals surface area contributed by atoms with Crippen LogP contribution >= 0.6 is 11.3 Å². The molecule has 104 valence electrons. The van der Waals surface area contributed by atoms with Crippen LogP contribution in [0, 0.1) is 5.92 Å². The maximum absolute atomic E-state index is 4.49. The van der Waals surface area contributed by atoms with E-state index in [1.165, 1.54) is 44.2 Å². The van der Waals surface area contributed by atoms with Crippen molar-refractivity contribution in [3.8, 4) is 0 Å². The molecule has 2 nitrogen and oxygen atoms in total. The molecule has 18 heavy (non-hydrogen) atoms. The van der Waals surface area contributed by atoms with E-state index in [1.54, 1.807) is 11.3 Å². The molecular weight excluding hydrogens is 240 g/mol. The second-order valence-electron chi connectivity index (χ2n) is 5.07. The molecule has 2 atom stereocenters. The van der Waals surface area contributed by atoms with E-state index in [1.807, 2.05) is 5.51 Å². The zero-order chi connectivity index (χ0) is 13.2. The van der Waals surface area contributed by atoms with Crippen LogP contribution in [0.3, 0.4) is 0 Å². The molecule has 0 fully saturated rings. The Bertz CT molecular complexity index is 285. The first-order chi connectivity index (χ1) is 8.81. The average molecular weight is 268 g/mol. The van der Waals surface area contributed by atoms with E-state index < -0.39 is 0 Å². The normalized spacial score (nSPS) is 14.6. The third kappa shape index (κ3) is 5.49. The number of hydrogen-bond donors (Lipinski definition) is 1. The van der Waals surface area contributed by atoms with Gasteiger partial charge in [-0.25, -0.2) is 4.98 Å². The van der Waals surface area contributed by atoms with Gasteiger partial charge in [-0.2, -0.15) is 0 Å². The Morgan fingerprint density at radius 2 is 2.11 bits per heavy atom. The zero-order valence-electron chi connectivity index (χ0n) is 12.1. The summed E-state index contributed by atoms with van der Waals surface area (Å²) in [5, 5.41) is 5.85. The van der Waals surface area contributed by atoms with Crippen LogP contribution in [0.1, 0.15) is 71.0 Å². The predicted octanol–water partition coefficient (Wildman–Crippen LogP) is 4.79. The molecule has 0 radical (unpaired) electrons. The first-order valence-corrected chi connectivity index (χ1v) is 8.37. The third-order valence-electron chi connectivity index (χ3n) is 3.56. The molecule has 0 aromatic carbocycles. The summed E-state index contributed by atoms with van der Waals surface area (Å²) in [4.78, 5) is 4.49. The van der Waals surface area contributed by atoms with Crippen LogP contribution in [0.15, 0.2) is 10.9 Å². The van der Waals surface area contributed by atoms with Crippen LogP contribution in [0.2, 0.25) is 0 Å². The van der Waals surface area contributed by atoms with Crippen LogP contribution in [0.4, 0.5) is 0 Å². The van der Waals surface area contributed by atoms with Crippen molar-refractivity contribution in [1.82, 2.24) is 10.3 Å². The van der Waals surface area contributed by atoms with Gasteiger partial charge in [0, 0.05) is 5.38 Å². The van der Waals surface area contributed by atoms with Gasteiger partial charge in [-0.1, -0.05) is 46.5 Å². The van der Waals surface area contributed by atoms with Crippen molar-refractivity contribution in [2.45, 2.75) is 65.3 Å². The van der Waals surface area contributed by atoms with Crippen LogP contribution in [-0.4, -0.2) is 11.5 Å². The van der Waals surface area contributed by atoms with Crippen molar-refractivity contribution in [3.63, 3.8) is 0 Å². The van der Waals surface area contributed by atoms with Gasteiger partial charge in [0.2, 0.25) is 0 Å². The van der Waals surface area contributed by atoms with Gasteiger partial charge in [0.1, 0.15) is 0 Å². The number of thiazole rings is 1. The fraction of sp³-hybridized carbons (Fsp3) is 0.800. The summed E-state index contributed by atoms with van der Waals surface area (Å²) in [7, 11) is 0.